The smallest absolute Gasteiger partial charge is 0.238 e. The number of hydrogen-bond donors (Lipinski definition) is 2. The van der Waals surface area contributed by atoms with Gasteiger partial charge >= 0.3 is 0 Å². The zero-order valence-corrected chi connectivity index (χ0v) is 12.9. The normalized spacial score (nSPS) is 10.4. The molecule has 0 heterocycles. The quantitative estimate of drug-likeness (QED) is 0.883. The minimum atomic E-state index is -0.0212. The van der Waals surface area contributed by atoms with Crippen molar-refractivity contribution in [2.75, 3.05) is 11.9 Å². The SMILES string of the molecule is Cc1ccc(CNCC(=O)Nc2cc(C)cc(C)c2)cc1. The molecule has 0 aliphatic carbocycles. The molecule has 0 radical (unpaired) electrons. The van der Waals surface area contributed by atoms with Crippen molar-refractivity contribution in [1.29, 1.82) is 0 Å². The summed E-state index contributed by atoms with van der Waals surface area (Å²) >= 11 is 0. The first-order chi connectivity index (χ1) is 10.0. The van der Waals surface area contributed by atoms with Crippen molar-refractivity contribution in [3.63, 3.8) is 0 Å². The number of benzene rings is 2. The fraction of sp³-hybridized carbons (Fsp3) is 0.278. The largest absolute Gasteiger partial charge is 0.325 e. The van der Waals surface area contributed by atoms with Crippen LogP contribution in [0.25, 0.3) is 0 Å². The van der Waals surface area contributed by atoms with Gasteiger partial charge in [0.25, 0.3) is 0 Å². The standard InChI is InChI=1S/C18H22N2O/c1-13-4-6-16(7-5-13)11-19-12-18(21)20-17-9-14(2)8-15(3)10-17/h4-10,19H,11-12H2,1-3H3,(H,20,21). The van der Waals surface area contributed by atoms with Crippen LogP contribution in [0.4, 0.5) is 5.69 Å². The first-order valence-corrected chi connectivity index (χ1v) is 7.17. The van der Waals surface area contributed by atoms with E-state index < -0.39 is 0 Å². The van der Waals surface area contributed by atoms with Crippen molar-refractivity contribution in [3.8, 4) is 0 Å². The summed E-state index contributed by atoms with van der Waals surface area (Å²) in [5.74, 6) is -0.0212. The van der Waals surface area contributed by atoms with Crippen LogP contribution in [0.1, 0.15) is 22.3 Å². The van der Waals surface area contributed by atoms with Crippen LogP contribution in [0.15, 0.2) is 42.5 Å². The van der Waals surface area contributed by atoms with E-state index in [1.165, 1.54) is 11.1 Å². The van der Waals surface area contributed by atoms with Gasteiger partial charge in [0.1, 0.15) is 0 Å². The maximum absolute atomic E-state index is 11.9. The van der Waals surface area contributed by atoms with E-state index in [-0.39, 0.29) is 5.91 Å². The van der Waals surface area contributed by atoms with Gasteiger partial charge in [-0.05, 0) is 49.6 Å². The Morgan fingerprint density at radius 2 is 1.52 bits per heavy atom. The Morgan fingerprint density at radius 1 is 0.905 bits per heavy atom. The molecule has 1 amide bonds. The lowest BCUT2D eigenvalue weighted by molar-refractivity contribution is -0.115. The second-order valence-electron chi connectivity index (χ2n) is 5.51. The Balaban J connectivity index is 1.80. The van der Waals surface area contributed by atoms with Gasteiger partial charge in [0, 0.05) is 12.2 Å². The van der Waals surface area contributed by atoms with Crippen LogP contribution >= 0.6 is 0 Å². The molecule has 3 nitrogen and oxygen atoms in total. The van der Waals surface area contributed by atoms with Gasteiger partial charge in [-0.3, -0.25) is 4.79 Å². The summed E-state index contributed by atoms with van der Waals surface area (Å²) in [5, 5.41) is 6.08. The molecule has 0 fully saturated rings. The van der Waals surface area contributed by atoms with E-state index in [2.05, 4.69) is 47.9 Å². The van der Waals surface area contributed by atoms with Gasteiger partial charge in [0.05, 0.1) is 6.54 Å². The number of nitrogens with one attached hydrogen (secondary N) is 2. The van der Waals surface area contributed by atoms with Crippen LogP contribution in [-0.2, 0) is 11.3 Å². The molecule has 0 aromatic heterocycles. The zero-order chi connectivity index (χ0) is 15.2. The number of anilines is 1. The molecular formula is C18H22N2O. The first kappa shape index (κ1) is 15.3. The molecule has 0 spiro atoms. The first-order valence-electron chi connectivity index (χ1n) is 7.17. The predicted molar refractivity (Wildman–Crippen MR) is 87.4 cm³/mol. The zero-order valence-electron chi connectivity index (χ0n) is 12.9. The second kappa shape index (κ2) is 7.04. The Kier molecular flexibility index (Phi) is 5.12. The Labute approximate surface area is 126 Å². The lowest BCUT2D eigenvalue weighted by Crippen LogP contribution is -2.27. The molecule has 0 atom stereocenters. The van der Waals surface area contributed by atoms with Gasteiger partial charge in [-0.2, -0.15) is 0 Å². The van der Waals surface area contributed by atoms with Crippen molar-refractivity contribution >= 4 is 11.6 Å². The maximum atomic E-state index is 11.9. The van der Waals surface area contributed by atoms with Crippen LogP contribution in [0.5, 0.6) is 0 Å². The van der Waals surface area contributed by atoms with Crippen LogP contribution in [0, 0.1) is 20.8 Å². The molecule has 2 aromatic rings. The Bertz CT molecular complexity index is 597. The van der Waals surface area contributed by atoms with E-state index in [4.69, 9.17) is 0 Å². The van der Waals surface area contributed by atoms with Crippen LogP contribution in [0.2, 0.25) is 0 Å². The molecule has 21 heavy (non-hydrogen) atoms. The van der Waals surface area contributed by atoms with E-state index >= 15 is 0 Å². The molecule has 0 aliphatic heterocycles. The van der Waals surface area contributed by atoms with Gasteiger partial charge in [0.15, 0.2) is 0 Å². The second-order valence-corrected chi connectivity index (χ2v) is 5.51. The van der Waals surface area contributed by atoms with Crippen molar-refractivity contribution < 1.29 is 4.79 Å². The predicted octanol–water partition coefficient (Wildman–Crippen LogP) is 3.34. The molecule has 0 saturated carbocycles. The van der Waals surface area contributed by atoms with Crippen LogP contribution < -0.4 is 10.6 Å². The highest BCUT2D eigenvalue weighted by Crippen LogP contribution is 2.13. The summed E-state index contributed by atoms with van der Waals surface area (Å²) in [6.07, 6.45) is 0. The van der Waals surface area contributed by atoms with Crippen molar-refractivity contribution in [3.05, 3.63) is 64.7 Å². The summed E-state index contributed by atoms with van der Waals surface area (Å²) < 4.78 is 0. The molecule has 0 unspecified atom stereocenters. The molecule has 2 rings (SSSR count). The van der Waals surface area contributed by atoms with Crippen LogP contribution in [0.3, 0.4) is 0 Å². The van der Waals surface area contributed by atoms with Crippen LogP contribution in [-0.4, -0.2) is 12.5 Å². The topological polar surface area (TPSA) is 41.1 Å². The minimum absolute atomic E-state index is 0.0212. The average Bonchev–Trinajstić information content (AvgIpc) is 2.39. The summed E-state index contributed by atoms with van der Waals surface area (Å²) in [6.45, 7) is 7.12. The van der Waals surface area contributed by atoms with E-state index in [0.717, 1.165) is 16.8 Å². The Hall–Kier alpha value is -2.13. The summed E-state index contributed by atoms with van der Waals surface area (Å²) in [6, 6.07) is 14.3. The minimum Gasteiger partial charge on any atom is -0.325 e. The number of carbonyl (C=O) groups is 1. The molecule has 0 saturated heterocycles. The van der Waals surface area contributed by atoms with E-state index in [0.29, 0.717) is 13.1 Å². The molecule has 110 valence electrons. The van der Waals surface area contributed by atoms with E-state index in [1.54, 1.807) is 0 Å². The lowest BCUT2D eigenvalue weighted by atomic mass is 10.1. The van der Waals surface area contributed by atoms with Crippen molar-refractivity contribution in [2.24, 2.45) is 0 Å². The highest BCUT2D eigenvalue weighted by atomic mass is 16.1. The number of amides is 1. The molecule has 3 heteroatoms. The fourth-order valence-electron chi connectivity index (χ4n) is 2.28. The number of hydrogen-bond acceptors (Lipinski definition) is 2. The summed E-state index contributed by atoms with van der Waals surface area (Å²) in [5.41, 5.74) is 5.58. The highest BCUT2D eigenvalue weighted by Gasteiger charge is 2.03. The molecule has 2 N–H and O–H groups in total. The molecule has 0 bridgehead atoms. The van der Waals surface area contributed by atoms with Gasteiger partial charge in [0.2, 0.25) is 5.91 Å². The van der Waals surface area contributed by atoms with E-state index in [1.807, 2.05) is 26.0 Å². The average molecular weight is 282 g/mol. The van der Waals surface area contributed by atoms with Crippen molar-refractivity contribution in [1.82, 2.24) is 5.32 Å². The summed E-state index contributed by atoms with van der Waals surface area (Å²) in [7, 11) is 0. The summed E-state index contributed by atoms with van der Waals surface area (Å²) in [4.78, 5) is 11.9. The molecule has 2 aromatic carbocycles. The lowest BCUT2D eigenvalue weighted by Gasteiger charge is -2.09. The fourth-order valence-corrected chi connectivity index (χ4v) is 2.28. The third-order valence-corrected chi connectivity index (χ3v) is 3.24. The maximum Gasteiger partial charge on any atom is 0.238 e. The third kappa shape index (κ3) is 5.04. The van der Waals surface area contributed by atoms with Crippen molar-refractivity contribution in [2.45, 2.75) is 27.3 Å². The number of aryl methyl sites for hydroxylation is 3. The van der Waals surface area contributed by atoms with Gasteiger partial charge in [-0.25, -0.2) is 0 Å². The van der Waals surface area contributed by atoms with E-state index in [9.17, 15) is 4.79 Å². The van der Waals surface area contributed by atoms with Gasteiger partial charge in [-0.1, -0.05) is 35.9 Å². The van der Waals surface area contributed by atoms with Gasteiger partial charge in [-0.15, -0.1) is 0 Å². The monoisotopic (exact) mass is 282 g/mol. The highest BCUT2D eigenvalue weighted by molar-refractivity contribution is 5.92. The molecular weight excluding hydrogens is 260 g/mol. The Morgan fingerprint density at radius 3 is 2.14 bits per heavy atom. The molecule has 0 aliphatic rings. The third-order valence-electron chi connectivity index (χ3n) is 3.24. The van der Waals surface area contributed by atoms with Gasteiger partial charge < -0.3 is 10.6 Å². The number of rotatable bonds is 5. The number of carbonyl (C=O) groups excluding carboxylic acids is 1.